The Labute approximate surface area is 187 Å². The maximum absolute atomic E-state index is 13.3. The van der Waals surface area contributed by atoms with Crippen molar-refractivity contribution in [1.82, 2.24) is 15.8 Å². The summed E-state index contributed by atoms with van der Waals surface area (Å²) in [6.07, 6.45) is 0. The second-order valence-corrected chi connectivity index (χ2v) is 8.37. The number of ether oxygens (including phenoxy) is 1. The van der Waals surface area contributed by atoms with Crippen LogP contribution in [0.15, 0.2) is 42.5 Å². The first-order valence-corrected chi connectivity index (χ1v) is 11.0. The van der Waals surface area contributed by atoms with E-state index in [2.05, 4.69) is 21.8 Å². The van der Waals surface area contributed by atoms with Gasteiger partial charge in [-0.25, -0.2) is 5.43 Å². The van der Waals surface area contributed by atoms with Crippen LogP contribution in [0.5, 0.6) is 5.75 Å². The van der Waals surface area contributed by atoms with Crippen molar-refractivity contribution in [2.45, 2.75) is 13.0 Å². The lowest BCUT2D eigenvalue weighted by Gasteiger charge is -2.37. The minimum Gasteiger partial charge on any atom is -0.492 e. The fourth-order valence-electron chi connectivity index (χ4n) is 4.12. The molecule has 1 amide bonds. The first kappa shape index (κ1) is 21.2. The van der Waals surface area contributed by atoms with Gasteiger partial charge in [0.1, 0.15) is 5.75 Å². The Hall–Kier alpha value is -1.99. The zero-order chi connectivity index (χ0) is 21.1. The van der Waals surface area contributed by atoms with Gasteiger partial charge >= 0.3 is 0 Å². The first-order valence-electron chi connectivity index (χ1n) is 10.3. The van der Waals surface area contributed by atoms with Crippen LogP contribution in [-0.2, 0) is 4.79 Å². The summed E-state index contributed by atoms with van der Waals surface area (Å²) in [6, 6.07) is 13.4. The van der Waals surface area contributed by atoms with E-state index in [0.717, 1.165) is 29.4 Å². The van der Waals surface area contributed by atoms with Crippen molar-refractivity contribution < 1.29 is 9.53 Å². The van der Waals surface area contributed by atoms with Crippen LogP contribution in [0.1, 0.15) is 18.5 Å². The van der Waals surface area contributed by atoms with E-state index >= 15 is 0 Å². The molecule has 0 saturated carbocycles. The smallest absolute Gasteiger partial charge is 0.229 e. The molecule has 2 atom stereocenters. The Morgan fingerprint density at radius 3 is 2.63 bits per heavy atom. The Morgan fingerprint density at radius 2 is 1.93 bits per heavy atom. The Balaban J connectivity index is 1.41. The number of hydrogen-bond donors (Lipinski definition) is 2. The minimum absolute atomic E-state index is 0.128. The van der Waals surface area contributed by atoms with Gasteiger partial charge in [0.2, 0.25) is 5.91 Å². The summed E-state index contributed by atoms with van der Waals surface area (Å²) in [5, 5.41) is 1.29. The lowest BCUT2D eigenvalue weighted by Crippen LogP contribution is -2.51. The Bertz CT molecular complexity index is 902. The van der Waals surface area contributed by atoms with Crippen molar-refractivity contribution in [3.8, 4) is 5.75 Å². The molecule has 2 aliphatic heterocycles. The van der Waals surface area contributed by atoms with Crippen LogP contribution >= 0.6 is 23.2 Å². The van der Waals surface area contributed by atoms with E-state index in [9.17, 15) is 4.79 Å². The van der Waals surface area contributed by atoms with Gasteiger partial charge in [-0.05, 0) is 42.8 Å². The van der Waals surface area contributed by atoms with E-state index < -0.39 is 0 Å². The molecular formula is C22H26Cl2N4O2. The number of amides is 1. The van der Waals surface area contributed by atoms with Crippen LogP contribution in [0.2, 0.25) is 10.0 Å². The average Bonchev–Trinajstić information content (AvgIpc) is 3.25. The maximum Gasteiger partial charge on any atom is 0.229 e. The number of nitrogens with one attached hydrogen (secondary N) is 2. The third-order valence-electron chi connectivity index (χ3n) is 5.68. The van der Waals surface area contributed by atoms with Crippen molar-refractivity contribution in [2.24, 2.45) is 5.92 Å². The monoisotopic (exact) mass is 448 g/mol. The molecule has 2 N–H and O–H groups in total. The molecule has 4 rings (SSSR count). The minimum atomic E-state index is -0.184. The summed E-state index contributed by atoms with van der Waals surface area (Å²) in [6.45, 7) is 6.04. The molecule has 6 nitrogen and oxygen atoms in total. The molecule has 2 aromatic rings. The molecule has 2 aliphatic rings. The molecule has 0 radical (unpaired) electrons. The topological polar surface area (TPSA) is 56.8 Å². The van der Waals surface area contributed by atoms with Crippen LogP contribution in [0, 0.1) is 5.92 Å². The third kappa shape index (κ3) is 4.52. The molecule has 0 aliphatic carbocycles. The van der Waals surface area contributed by atoms with Gasteiger partial charge in [-0.15, -0.1) is 0 Å². The lowest BCUT2D eigenvalue weighted by molar-refractivity contribution is -0.135. The maximum atomic E-state index is 13.3. The number of benzene rings is 2. The van der Waals surface area contributed by atoms with Crippen LogP contribution in [0.3, 0.4) is 0 Å². The Morgan fingerprint density at radius 1 is 1.13 bits per heavy atom. The molecule has 2 saturated heterocycles. The summed E-state index contributed by atoms with van der Waals surface area (Å²) in [5.74, 6) is 0.638. The number of carbonyl (C=O) groups excluding carboxylic acids is 1. The summed E-state index contributed by atoms with van der Waals surface area (Å²) in [4.78, 5) is 17.5. The highest BCUT2D eigenvalue weighted by Crippen LogP contribution is 2.33. The highest BCUT2D eigenvalue weighted by atomic mass is 35.5. The zero-order valence-electron chi connectivity index (χ0n) is 16.9. The summed E-state index contributed by atoms with van der Waals surface area (Å²) >= 11 is 12.5. The highest BCUT2D eigenvalue weighted by Gasteiger charge is 2.37. The number of rotatable bonds is 5. The van der Waals surface area contributed by atoms with Gasteiger partial charge in [0.25, 0.3) is 0 Å². The molecule has 2 heterocycles. The van der Waals surface area contributed by atoms with E-state index in [1.54, 1.807) is 0 Å². The number of hydrazine groups is 1. The fraction of sp³-hybridized carbons (Fsp3) is 0.409. The van der Waals surface area contributed by atoms with E-state index in [1.165, 1.54) is 0 Å². The molecule has 30 heavy (non-hydrogen) atoms. The predicted octanol–water partition coefficient (Wildman–Crippen LogP) is 3.51. The molecule has 2 unspecified atom stereocenters. The Kier molecular flexibility index (Phi) is 6.68. The molecule has 160 valence electrons. The molecule has 0 bridgehead atoms. The van der Waals surface area contributed by atoms with E-state index in [4.69, 9.17) is 27.9 Å². The number of anilines is 1. The van der Waals surface area contributed by atoms with Gasteiger partial charge in [-0.3, -0.25) is 10.2 Å². The normalized spacial score (nSPS) is 21.7. The summed E-state index contributed by atoms with van der Waals surface area (Å²) < 4.78 is 5.52. The standard InChI is InChI=1S/C22H26Cl2N4O2/c1-2-30-20-7-6-15(12-19(20)24)21-18(14-25-26-21)22(29)28-10-8-27(9-11-28)17-5-3-4-16(23)13-17/h3-7,12-13,18,21,25-26H,2,8-11,14H2,1H3. The highest BCUT2D eigenvalue weighted by molar-refractivity contribution is 6.32. The molecule has 2 aromatic carbocycles. The van der Waals surface area contributed by atoms with E-state index in [1.807, 2.05) is 48.2 Å². The van der Waals surface area contributed by atoms with Crippen LogP contribution in [-0.4, -0.2) is 50.1 Å². The number of hydrogen-bond acceptors (Lipinski definition) is 5. The first-order chi connectivity index (χ1) is 14.6. The van der Waals surface area contributed by atoms with Crippen LogP contribution in [0.25, 0.3) is 0 Å². The number of carbonyl (C=O) groups is 1. The van der Waals surface area contributed by atoms with E-state index in [0.29, 0.717) is 37.0 Å². The SMILES string of the molecule is CCOc1ccc(C2NNCC2C(=O)N2CCN(c3cccc(Cl)c3)CC2)cc1Cl. The molecule has 2 fully saturated rings. The third-order valence-corrected chi connectivity index (χ3v) is 6.21. The lowest BCUT2D eigenvalue weighted by atomic mass is 9.93. The van der Waals surface area contributed by atoms with Crippen LogP contribution in [0.4, 0.5) is 5.69 Å². The number of nitrogens with zero attached hydrogens (tertiary/aromatic N) is 2. The quantitative estimate of drug-likeness (QED) is 0.732. The average molecular weight is 449 g/mol. The molecule has 0 aromatic heterocycles. The zero-order valence-corrected chi connectivity index (χ0v) is 18.4. The van der Waals surface area contributed by atoms with Gasteiger partial charge in [0.05, 0.1) is 23.6 Å². The number of piperazine rings is 1. The van der Waals surface area contributed by atoms with Crippen LogP contribution < -0.4 is 20.5 Å². The van der Waals surface area contributed by atoms with Gasteiger partial charge in [-0.1, -0.05) is 35.3 Å². The van der Waals surface area contributed by atoms with Crippen molar-refractivity contribution in [3.63, 3.8) is 0 Å². The van der Waals surface area contributed by atoms with Crippen molar-refractivity contribution in [3.05, 3.63) is 58.1 Å². The van der Waals surface area contributed by atoms with Crippen molar-refractivity contribution in [1.29, 1.82) is 0 Å². The molecule has 0 spiro atoms. The number of halogens is 2. The predicted molar refractivity (Wildman–Crippen MR) is 120 cm³/mol. The second-order valence-electron chi connectivity index (χ2n) is 7.52. The fourth-order valence-corrected chi connectivity index (χ4v) is 4.55. The van der Waals surface area contributed by atoms with Crippen molar-refractivity contribution in [2.75, 3.05) is 44.2 Å². The summed E-state index contributed by atoms with van der Waals surface area (Å²) in [7, 11) is 0. The van der Waals surface area contributed by atoms with Gasteiger partial charge in [0.15, 0.2) is 0 Å². The largest absolute Gasteiger partial charge is 0.492 e. The van der Waals surface area contributed by atoms with Gasteiger partial charge in [-0.2, -0.15) is 0 Å². The molecule has 8 heteroatoms. The van der Waals surface area contributed by atoms with Crippen molar-refractivity contribution >= 4 is 34.8 Å². The van der Waals surface area contributed by atoms with Gasteiger partial charge in [0, 0.05) is 43.4 Å². The van der Waals surface area contributed by atoms with Gasteiger partial charge < -0.3 is 14.5 Å². The molecular weight excluding hydrogens is 423 g/mol. The summed E-state index contributed by atoms with van der Waals surface area (Å²) in [5.41, 5.74) is 8.46. The second kappa shape index (κ2) is 9.43. The van der Waals surface area contributed by atoms with E-state index in [-0.39, 0.29) is 17.9 Å².